The number of benzene rings is 1. The van der Waals surface area contributed by atoms with E-state index in [1.807, 2.05) is 30.3 Å². The first-order chi connectivity index (χ1) is 7.52. The summed E-state index contributed by atoms with van der Waals surface area (Å²) in [4.78, 5) is 2.30. The monoisotopic (exact) mass is 221 g/mol. The molecule has 2 nitrogen and oxygen atoms in total. The topological polar surface area (TPSA) is 23.5 Å². The molecule has 0 radical (unpaired) electrons. The van der Waals surface area contributed by atoms with Crippen molar-refractivity contribution in [2.24, 2.45) is 0 Å². The molecular formula is C14H23NO. The van der Waals surface area contributed by atoms with Crippen molar-refractivity contribution >= 4 is 0 Å². The van der Waals surface area contributed by atoms with Gasteiger partial charge < -0.3 is 5.11 Å². The van der Waals surface area contributed by atoms with Crippen LogP contribution >= 0.6 is 0 Å². The Kier molecular flexibility index (Phi) is 4.97. The van der Waals surface area contributed by atoms with Crippen LogP contribution in [-0.4, -0.2) is 28.6 Å². The van der Waals surface area contributed by atoms with Gasteiger partial charge in [-0.15, -0.1) is 0 Å². The molecule has 1 atom stereocenters. The molecule has 16 heavy (non-hydrogen) atoms. The number of nitrogens with zero attached hydrogens (tertiary/aromatic N) is 1. The van der Waals surface area contributed by atoms with Gasteiger partial charge in [-0.25, -0.2) is 0 Å². The van der Waals surface area contributed by atoms with E-state index >= 15 is 0 Å². The summed E-state index contributed by atoms with van der Waals surface area (Å²) < 4.78 is 0. The minimum Gasteiger partial charge on any atom is -0.387 e. The lowest BCUT2D eigenvalue weighted by atomic mass is 10.1. The first kappa shape index (κ1) is 13.2. The van der Waals surface area contributed by atoms with Gasteiger partial charge in [0, 0.05) is 18.6 Å². The smallest absolute Gasteiger partial charge is 0.0917 e. The van der Waals surface area contributed by atoms with Crippen LogP contribution in [0.15, 0.2) is 30.3 Å². The van der Waals surface area contributed by atoms with E-state index in [9.17, 15) is 5.11 Å². The molecule has 1 rings (SSSR count). The van der Waals surface area contributed by atoms with E-state index in [1.54, 1.807) is 0 Å². The number of hydrogen-bond donors (Lipinski definition) is 1. The van der Waals surface area contributed by atoms with Crippen LogP contribution in [0.4, 0.5) is 0 Å². The Labute approximate surface area is 98.9 Å². The summed E-state index contributed by atoms with van der Waals surface area (Å²) in [6.45, 7) is 9.35. The van der Waals surface area contributed by atoms with E-state index in [-0.39, 0.29) is 0 Å². The standard InChI is InChI=1S/C14H23NO/c1-11(2)15(12(3)4)10-14(16)13-8-6-5-7-9-13/h5-9,11-12,14,16H,10H2,1-4H3/t14-/m0/s1. The van der Waals surface area contributed by atoms with Crippen molar-refractivity contribution in [2.45, 2.75) is 45.9 Å². The second-order valence-electron chi connectivity index (χ2n) is 4.81. The van der Waals surface area contributed by atoms with Crippen molar-refractivity contribution in [1.29, 1.82) is 0 Å². The molecule has 90 valence electrons. The maximum atomic E-state index is 10.1. The summed E-state index contributed by atoms with van der Waals surface area (Å²) in [6.07, 6.45) is -0.397. The zero-order chi connectivity index (χ0) is 12.1. The van der Waals surface area contributed by atoms with Gasteiger partial charge in [-0.1, -0.05) is 30.3 Å². The predicted octanol–water partition coefficient (Wildman–Crippen LogP) is 2.84. The molecule has 0 unspecified atom stereocenters. The van der Waals surface area contributed by atoms with Gasteiger partial charge in [0.15, 0.2) is 0 Å². The third-order valence-corrected chi connectivity index (χ3v) is 2.89. The Morgan fingerprint density at radius 3 is 1.94 bits per heavy atom. The molecule has 0 fully saturated rings. The highest BCUT2D eigenvalue weighted by Gasteiger charge is 2.18. The second kappa shape index (κ2) is 6.02. The molecule has 0 saturated heterocycles. The minimum atomic E-state index is -0.397. The molecular weight excluding hydrogens is 198 g/mol. The Hall–Kier alpha value is -0.860. The van der Waals surface area contributed by atoms with Gasteiger partial charge in [0.1, 0.15) is 0 Å². The van der Waals surface area contributed by atoms with Crippen LogP contribution in [0.5, 0.6) is 0 Å². The lowest BCUT2D eigenvalue weighted by Gasteiger charge is -2.32. The van der Waals surface area contributed by atoms with Gasteiger partial charge in [-0.2, -0.15) is 0 Å². The van der Waals surface area contributed by atoms with E-state index in [0.717, 1.165) is 5.56 Å². The maximum Gasteiger partial charge on any atom is 0.0917 e. The van der Waals surface area contributed by atoms with Gasteiger partial charge >= 0.3 is 0 Å². The summed E-state index contributed by atoms with van der Waals surface area (Å²) in [5.41, 5.74) is 0.994. The third-order valence-electron chi connectivity index (χ3n) is 2.89. The van der Waals surface area contributed by atoms with Crippen LogP contribution in [0, 0.1) is 0 Å². The van der Waals surface area contributed by atoms with E-state index in [2.05, 4.69) is 32.6 Å². The Bertz CT molecular complexity index is 287. The Morgan fingerprint density at radius 1 is 1.00 bits per heavy atom. The summed E-state index contributed by atoms with van der Waals surface area (Å²) >= 11 is 0. The fourth-order valence-corrected chi connectivity index (χ4v) is 2.00. The average molecular weight is 221 g/mol. The zero-order valence-electron chi connectivity index (χ0n) is 10.7. The Balaban J connectivity index is 2.65. The summed E-state index contributed by atoms with van der Waals surface area (Å²) in [5.74, 6) is 0. The van der Waals surface area contributed by atoms with Crippen LogP contribution < -0.4 is 0 Å². The molecule has 0 bridgehead atoms. The van der Waals surface area contributed by atoms with Gasteiger partial charge in [-0.3, -0.25) is 4.90 Å². The number of hydrogen-bond acceptors (Lipinski definition) is 2. The molecule has 1 N–H and O–H groups in total. The number of aliphatic hydroxyl groups excluding tert-OH is 1. The van der Waals surface area contributed by atoms with Crippen LogP contribution in [0.2, 0.25) is 0 Å². The van der Waals surface area contributed by atoms with Crippen molar-refractivity contribution in [1.82, 2.24) is 4.90 Å². The van der Waals surface area contributed by atoms with E-state index in [0.29, 0.717) is 18.6 Å². The largest absolute Gasteiger partial charge is 0.387 e. The second-order valence-corrected chi connectivity index (χ2v) is 4.81. The highest BCUT2D eigenvalue weighted by Crippen LogP contribution is 2.16. The van der Waals surface area contributed by atoms with E-state index in [1.165, 1.54) is 0 Å². The maximum absolute atomic E-state index is 10.1. The van der Waals surface area contributed by atoms with Gasteiger partial charge in [-0.05, 0) is 33.3 Å². The average Bonchev–Trinajstić information content (AvgIpc) is 2.25. The zero-order valence-corrected chi connectivity index (χ0v) is 10.7. The van der Waals surface area contributed by atoms with Gasteiger partial charge in [0.05, 0.1) is 6.10 Å². The molecule has 0 heterocycles. The number of rotatable bonds is 5. The summed E-state index contributed by atoms with van der Waals surface area (Å²) in [5, 5.41) is 10.1. The summed E-state index contributed by atoms with van der Waals surface area (Å²) in [7, 11) is 0. The first-order valence-corrected chi connectivity index (χ1v) is 6.01. The van der Waals surface area contributed by atoms with Crippen molar-refractivity contribution in [2.75, 3.05) is 6.54 Å². The summed E-state index contributed by atoms with van der Waals surface area (Å²) in [6, 6.07) is 10.8. The molecule has 0 aliphatic heterocycles. The molecule has 0 amide bonds. The van der Waals surface area contributed by atoms with Crippen molar-refractivity contribution in [3.8, 4) is 0 Å². The van der Waals surface area contributed by atoms with Crippen LogP contribution in [-0.2, 0) is 0 Å². The van der Waals surface area contributed by atoms with Crippen molar-refractivity contribution < 1.29 is 5.11 Å². The van der Waals surface area contributed by atoms with Crippen LogP contribution in [0.1, 0.15) is 39.4 Å². The molecule has 2 heteroatoms. The van der Waals surface area contributed by atoms with Crippen molar-refractivity contribution in [3.63, 3.8) is 0 Å². The lowest BCUT2D eigenvalue weighted by molar-refractivity contribution is 0.0756. The molecule has 0 aromatic heterocycles. The van der Waals surface area contributed by atoms with Crippen LogP contribution in [0.25, 0.3) is 0 Å². The quantitative estimate of drug-likeness (QED) is 0.826. The van der Waals surface area contributed by atoms with Gasteiger partial charge in [0.25, 0.3) is 0 Å². The third kappa shape index (κ3) is 3.62. The van der Waals surface area contributed by atoms with Gasteiger partial charge in [0.2, 0.25) is 0 Å². The molecule has 0 aliphatic rings. The molecule has 0 saturated carbocycles. The minimum absolute atomic E-state index is 0.397. The van der Waals surface area contributed by atoms with Crippen molar-refractivity contribution in [3.05, 3.63) is 35.9 Å². The fraction of sp³-hybridized carbons (Fsp3) is 0.571. The highest BCUT2D eigenvalue weighted by atomic mass is 16.3. The van der Waals surface area contributed by atoms with E-state index in [4.69, 9.17) is 0 Å². The van der Waals surface area contributed by atoms with Crippen LogP contribution in [0.3, 0.4) is 0 Å². The highest BCUT2D eigenvalue weighted by molar-refractivity contribution is 5.17. The van der Waals surface area contributed by atoms with E-state index < -0.39 is 6.10 Å². The lowest BCUT2D eigenvalue weighted by Crippen LogP contribution is -2.39. The predicted molar refractivity (Wildman–Crippen MR) is 68.4 cm³/mol. The molecule has 0 spiro atoms. The molecule has 1 aromatic carbocycles. The normalized spacial score (nSPS) is 13.8. The Morgan fingerprint density at radius 2 is 1.50 bits per heavy atom. The fourth-order valence-electron chi connectivity index (χ4n) is 2.00. The number of aliphatic hydroxyl groups is 1. The molecule has 0 aliphatic carbocycles. The first-order valence-electron chi connectivity index (χ1n) is 6.01. The SMILES string of the molecule is CC(C)N(C[C@H](O)c1ccccc1)C(C)C. The molecule has 1 aromatic rings.